The van der Waals surface area contributed by atoms with Crippen molar-refractivity contribution in [1.82, 2.24) is 0 Å². The first-order valence-electron chi connectivity index (χ1n) is 6.68. The average molecular weight is 353 g/mol. The van der Waals surface area contributed by atoms with E-state index in [2.05, 4.69) is 21.2 Å². The highest BCUT2D eigenvalue weighted by molar-refractivity contribution is 9.10. The van der Waals surface area contributed by atoms with Crippen LogP contribution >= 0.6 is 15.9 Å². The van der Waals surface area contributed by atoms with Crippen LogP contribution in [-0.4, -0.2) is 6.61 Å². The summed E-state index contributed by atoms with van der Waals surface area (Å²) in [5, 5.41) is 3.21. The molecule has 0 bridgehead atoms. The van der Waals surface area contributed by atoms with E-state index in [1.807, 2.05) is 32.9 Å². The number of halogens is 2. The van der Waals surface area contributed by atoms with E-state index in [1.54, 1.807) is 6.07 Å². The van der Waals surface area contributed by atoms with E-state index in [0.717, 1.165) is 21.3 Å². The second-order valence-electron chi connectivity index (χ2n) is 4.85. The molecule has 3 N–H and O–H groups in total. The van der Waals surface area contributed by atoms with E-state index in [0.29, 0.717) is 18.0 Å². The Kier molecular flexibility index (Phi) is 4.73. The number of nitrogens with two attached hydrogens (primary N) is 1. The first kappa shape index (κ1) is 15.6. The third kappa shape index (κ3) is 3.47. The van der Waals surface area contributed by atoms with Gasteiger partial charge in [0.2, 0.25) is 0 Å². The molecule has 0 aromatic heterocycles. The monoisotopic (exact) mass is 352 g/mol. The van der Waals surface area contributed by atoms with Crippen molar-refractivity contribution < 1.29 is 9.13 Å². The zero-order valence-corrected chi connectivity index (χ0v) is 13.8. The largest absolute Gasteiger partial charge is 0.491 e. The van der Waals surface area contributed by atoms with Gasteiger partial charge in [-0.1, -0.05) is 15.9 Å². The molecule has 5 heteroatoms. The minimum atomic E-state index is -0.455. The summed E-state index contributed by atoms with van der Waals surface area (Å²) in [4.78, 5) is 0. The van der Waals surface area contributed by atoms with Gasteiger partial charge in [0.15, 0.2) is 11.6 Å². The van der Waals surface area contributed by atoms with Crippen molar-refractivity contribution in [3.63, 3.8) is 0 Å². The van der Waals surface area contributed by atoms with E-state index in [9.17, 15) is 4.39 Å². The maximum atomic E-state index is 13.7. The fraction of sp³-hybridized carbons (Fsp3) is 0.250. The van der Waals surface area contributed by atoms with Gasteiger partial charge in [0.25, 0.3) is 0 Å². The lowest BCUT2D eigenvalue weighted by atomic mass is 10.1. The van der Waals surface area contributed by atoms with Gasteiger partial charge in [0.1, 0.15) is 0 Å². The molecular formula is C16H18BrFN2O. The van der Waals surface area contributed by atoms with Crippen LogP contribution in [0.4, 0.5) is 21.5 Å². The fourth-order valence-corrected chi connectivity index (χ4v) is 2.35. The number of nitrogens with one attached hydrogen (secondary N) is 1. The van der Waals surface area contributed by atoms with E-state index in [-0.39, 0.29) is 5.75 Å². The highest BCUT2D eigenvalue weighted by atomic mass is 79.9. The van der Waals surface area contributed by atoms with Gasteiger partial charge in [-0.25, -0.2) is 4.39 Å². The lowest BCUT2D eigenvalue weighted by molar-refractivity contribution is 0.322. The molecule has 0 saturated heterocycles. The van der Waals surface area contributed by atoms with Crippen molar-refractivity contribution in [2.45, 2.75) is 20.8 Å². The number of aryl methyl sites for hydroxylation is 2. The molecule has 112 valence electrons. The maximum absolute atomic E-state index is 13.7. The van der Waals surface area contributed by atoms with Crippen LogP contribution in [0.1, 0.15) is 18.1 Å². The molecule has 0 unspecified atom stereocenters. The molecule has 0 amide bonds. The normalized spacial score (nSPS) is 10.5. The van der Waals surface area contributed by atoms with E-state index in [4.69, 9.17) is 10.5 Å². The lowest BCUT2D eigenvalue weighted by Gasteiger charge is -2.14. The minimum Gasteiger partial charge on any atom is -0.491 e. The van der Waals surface area contributed by atoms with E-state index in [1.165, 1.54) is 6.07 Å². The summed E-state index contributed by atoms with van der Waals surface area (Å²) in [5.74, 6) is -0.261. The second-order valence-corrected chi connectivity index (χ2v) is 5.64. The fourth-order valence-electron chi connectivity index (χ4n) is 2.12. The van der Waals surface area contributed by atoms with Crippen molar-refractivity contribution in [3.8, 4) is 5.75 Å². The third-order valence-electron chi connectivity index (χ3n) is 3.12. The highest BCUT2D eigenvalue weighted by Crippen LogP contribution is 2.32. The Bertz CT molecular complexity index is 651. The summed E-state index contributed by atoms with van der Waals surface area (Å²) < 4.78 is 20.0. The molecule has 0 atom stereocenters. The van der Waals surface area contributed by atoms with Gasteiger partial charge in [0.05, 0.1) is 18.0 Å². The van der Waals surface area contributed by atoms with Crippen LogP contribution in [0, 0.1) is 19.7 Å². The minimum absolute atomic E-state index is 0.194. The SMILES string of the molecule is CCOc1cc(Nc2cc(C)c(Br)c(C)c2)c(N)cc1F. The Labute approximate surface area is 132 Å². The first-order valence-corrected chi connectivity index (χ1v) is 7.47. The molecule has 0 spiro atoms. The highest BCUT2D eigenvalue weighted by Gasteiger charge is 2.10. The van der Waals surface area contributed by atoms with Gasteiger partial charge < -0.3 is 15.8 Å². The second kappa shape index (κ2) is 6.35. The number of hydrogen-bond donors (Lipinski definition) is 2. The molecule has 21 heavy (non-hydrogen) atoms. The number of hydrogen-bond acceptors (Lipinski definition) is 3. The van der Waals surface area contributed by atoms with Gasteiger partial charge in [-0.05, 0) is 44.0 Å². The topological polar surface area (TPSA) is 47.3 Å². The average Bonchev–Trinajstić information content (AvgIpc) is 2.41. The smallest absolute Gasteiger partial charge is 0.167 e. The zero-order chi connectivity index (χ0) is 15.6. The molecule has 0 saturated carbocycles. The van der Waals surface area contributed by atoms with Crippen LogP contribution in [0.5, 0.6) is 5.75 Å². The Morgan fingerprint density at radius 2 is 1.81 bits per heavy atom. The van der Waals surface area contributed by atoms with Crippen LogP contribution in [0.2, 0.25) is 0 Å². The number of rotatable bonds is 4. The van der Waals surface area contributed by atoms with Gasteiger partial charge >= 0.3 is 0 Å². The Balaban J connectivity index is 2.37. The maximum Gasteiger partial charge on any atom is 0.167 e. The summed E-state index contributed by atoms with van der Waals surface area (Å²) >= 11 is 3.53. The van der Waals surface area contributed by atoms with Crippen LogP contribution in [0.25, 0.3) is 0 Å². The van der Waals surface area contributed by atoms with Gasteiger partial charge in [0, 0.05) is 22.3 Å². The zero-order valence-electron chi connectivity index (χ0n) is 12.3. The van der Waals surface area contributed by atoms with Gasteiger partial charge in [-0.3, -0.25) is 0 Å². The van der Waals surface area contributed by atoms with Gasteiger partial charge in [-0.15, -0.1) is 0 Å². The standard InChI is InChI=1S/C16H18BrFN2O/c1-4-21-15-8-14(13(19)7-12(15)18)20-11-5-9(2)16(17)10(3)6-11/h5-8,20H,4,19H2,1-3H3. The molecule has 2 aromatic rings. The third-order valence-corrected chi connectivity index (χ3v) is 4.37. The predicted octanol–water partition coefficient (Wildman–Crippen LogP) is 4.93. The van der Waals surface area contributed by atoms with Crippen LogP contribution in [-0.2, 0) is 0 Å². The van der Waals surface area contributed by atoms with Crippen LogP contribution in [0.15, 0.2) is 28.7 Å². The summed E-state index contributed by atoms with van der Waals surface area (Å²) in [6, 6.07) is 6.85. The number of nitrogen functional groups attached to an aromatic ring is 1. The van der Waals surface area contributed by atoms with Crippen molar-refractivity contribution in [1.29, 1.82) is 0 Å². The van der Waals surface area contributed by atoms with Crippen molar-refractivity contribution in [2.24, 2.45) is 0 Å². The van der Waals surface area contributed by atoms with E-state index < -0.39 is 5.82 Å². The van der Waals surface area contributed by atoms with E-state index >= 15 is 0 Å². The first-order chi connectivity index (χ1) is 9.92. The van der Waals surface area contributed by atoms with Gasteiger partial charge in [-0.2, -0.15) is 0 Å². The number of anilines is 3. The summed E-state index contributed by atoms with van der Waals surface area (Å²) in [5.41, 5.74) is 9.97. The molecule has 2 aromatic carbocycles. The quantitative estimate of drug-likeness (QED) is 0.767. The molecule has 0 aliphatic rings. The van der Waals surface area contributed by atoms with Crippen LogP contribution < -0.4 is 15.8 Å². The summed E-state index contributed by atoms with van der Waals surface area (Å²) in [6.07, 6.45) is 0. The van der Waals surface area contributed by atoms with Crippen molar-refractivity contribution in [3.05, 3.63) is 45.7 Å². The Morgan fingerprint density at radius 1 is 1.19 bits per heavy atom. The lowest BCUT2D eigenvalue weighted by Crippen LogP contribution is -2.01. The van der Waals surface area contributed by atoms with Crippen molar-refractivity contribution >= 4 is 33.0 Å². The summed E-state index contributed by atoms with van der Waals surface area (Å²) in [7, 11) is 0. The van der Waals surface area contributed by atoms with Crippen LogP contribution in [0.3, 0.4) is 0 Å². The molecular weight excluding hydrogens is 335 g/mol. The Morgan fingerprint density at radius 3 is 2.38 bits per heavy atom. The molecule has 0 aliphatic carbocycles. The molecule has 0 radical (unpaired) electrons. The predicted molar refractivity (Wildman–Crippen MR) is 88.9 cm³/mol. The molecule has 0 fully saturated rings. The van der Waals surface area contributed by atoms with Crippen molar-refractivity contribution in [2.75, 3.05) is 17.7 Å². The summed E-state index contributed by atoms with van der Waals surface area (Å²) in [6.45, 7) is 6.24. The molecule has 0 heterocycles. The Hall–Kier alpha value is -1.75. The molecule has 2 rings (SSSR count). The molecule has 0 aliphatic heterocycles. The molecule has 3 nitrogen and oxygen atoms in total. The number of benzene rings is 2. The number of ether oxygens (including phenoxy) is 1.